The highest BCUT2D eigenvalue weighted by Gasteiger charge is 2.02. The van der Waals surface area contributed by atoms with Crippen molar-refractivity contribution in [2.45, 2.75) is 33.6 Å². The largest absolute Gasteiger partial charge is 0.253 e. The van der Waals surface area contributed by atoms with Gasteiger partial charge >= 0.3 is 0 Å². The molecule has 1 heterocycles. The van der Waals surface area contributed by atoms with Gasteiger partial charge in [-0.15, -0.1) is 0 Å². The normalized spacial score (nSPS) is 12.5. The zero-order valence-electron chi connectivity index (χ0n) is 9.83. The van der Waals surface area contributed by atoms with Crippen molar-refractivity contribution >= 4 is 6.08 Å². The molecule has 80 valence electrons. The minimum absolute atomic E-state index is 0.999. The summed E-state index contributed by atoms with van der Waals surface area (Å²) < 4.78 is 0. The Kier molecular flexibility index (Phi) is 4.82. The van der Waals surface area contributed by atoms with E-state index in [0.29, 0.717) is 0 Å². The minimum Gasteiger partial charge on any atom is -0.253 e. The third-order valence-electron chi connectivity index (χ3n) is 2.27. The van der Waals surface area contributed by atoms with Crippen LogP contribution in [0.1, 0.15) is 37.7 Å². The van der Waals surface area contributed by atoms with Crippen LogP contribution in [-0.4, -0.2) is 4.98 Å². The highest BCUT2D eigenvalue weighted by Crippen LogP contribution is 2.14. The van der Waals surface area contributed by atoms with Gasteiger partial charge in [0, 0.05) is 5.69 Å². The highest BCUT2D eigenvalue weighted by atomic mass is 14.7. The summed E-state index contributed by atoms with van der Waals surface area (Å²) in [5.41, 5.74) is 3.62. The number of nitrogens with zero attached hydrogens (tertiary/aromatic N) is 1. The molecular weight excluding hydrogens is 182 g/mol. The topological polar surface area (TPSA) is 12.9 Å². The van der Waals surface area contributed by atoms with Crippen LogP contribution in [-0.2, 0) is 12.8 Å². The zero-order chi connectivity index (χ0) is 11.1. The van der Waals surface area contributed by atoms with Gasteiger partial charge in [-0.3, -0.25) is 4.98 Å². The molecule has 1 aromatic heterocycles. The quantitative estimate of drug-likeness (QED) is 0.673. The molecule has 15 heavy (non-hydrogen) atoms. The van der Waals surface area contributed by atoms with Gasteiger partial charge in [0.25, 0.3) is 0 Å². The summed E-state index contributed by atoms with van der Waals surface area (Å²) in [7, 11) is 0. The molecule has 0 saturated carbocycles. The summed E-state index contributed by atoms with van der Waals surface area (Å²) in [5.74, 6) is 0. The Morgan fingerprint density at radius 3 is 2.73 bits per heavy atom. The second-order valence-corrected chi connectivity index (χ2v) is 3.19. The maximum Gasteiger partial charge on any atom is 0.0668 e. The Morgan fingerprint density at radius 1 is 1.20 bits per heavy atom. The third-order valence-corrected chi connectivity index (χ3v) is 2.27. The maximum atomic E-state index is 4.56. The standard InChI is InChI=1S/C12H13N.C2H6/c1-2-11-9-8-10-6-4-3-5-7-12(10)13-11;1-2/h3-5,7-9H,2,6H2,1H3;1-2H3. The Balaban J connectivity index is 0.000000531. The van der Waals surface area contributed by atoms with Crippen LogP contribution in [0.15, 0.2) is 30.4 Å². The van der Waals surface area contributed by atoms with Gasteiger partial charge in [-0.2, -0.15) is 0 Å². The van der Waals surface area contributed by atoms with E-state index in [1.807, 2.05) is 13.8 Å². The Morgan fingerprint density at radius 2 is 2.00 bits per heavy atom. The van der Waals surface area contributed by atoms with Gasteiger partial charge in [0.1, 0.15) is 0 Å². The first-order valence-electron chi connectivity index (χ1n) is 5.72. The molecule has 0 fully saturated rings. The first-order valence-corrected chi connectivity index (χ1v) is 5.72. The predicted octanol–water partition coefficient (Wildman–Crippen LogP) is 3.80. The monoisotopic (exact) mass is 201 g/mol. The molecule has 0 unspecified atom stereocenters. The lowest BCUT2D eigenvalue weighted by molar-refractivity contribution is 1.01. The van der Waals surface area contributed by atoms with Gasteiger partial charge in [-0.05, 0) is 30.5 Å². The average molecular weight is 201 g/mol. The van der Waals surface area contributed by atoms with Crippen LogP contribution < -0.4 is 0 Å². The summed E-state index contributed by atoms with van der Waals surface area (Å²) in [5, 5.41) is 0. The van der Waals surface area contributed by atoms with Crippen molar-refractivity contribution in [2.24, 2.45) is 0 Å². The second kappa shape index (κ2) is 6.18. The van der Waals surface area contributed by atoms with E-state index in [4.69, 9.17) is 0 Å². The number of pyridine rings is 1. The first-order chi connectivity index (χ1) is 7.40. The second-order valence-electron chi connectivity index (χ2n) is 3.19. The van der Waals surface area contributed by atoms with Crippen molar-refractivity contribution in [3.63, 3.8) is 0 Å². The highest BCUT2D eigenvalue weighted by molar-refractivity contribution is 5.53. The van der Waals surface area contributed by atoms with Crippen molar-refractivity contribution in [1.82, 2.24) is 4.98 Å². The van der Waals surface area contributed by atoms with Gasteiger partial charge in [0.05, 0.1) is 5.69 Å². The molecule has 0 bridgehead atoms. The van der Waals surface area contributed by atoms with Crippen LogP contribution in [0.4, 0.5) is 0 Å². The SMILES string of the molecule is CC.CCc1ccc2c(n1)C=CC=CC2. The zero-order valence-corrected chi connectivity index (χ0v) is 9.83. The van der Waals surface area contributed by atoms with E-state index in [0.717, 1.165) is 18.5 Å². The number of allylic oxidation sites excluding steroid dienone is 3. The fourth-order valence-electron chi connectivity index (χ4n) is 1.48. The fraction of sp³-hybridized carbons (Fsp3) is 0.357. The van der Waals surface area contributed by atoms with Crippen LogP contribution in [0.2, 0.25) is 0 Å². The molecule has 0 amide bonds. The molecule has 2 rings (SSSR count). The van der Waals surface area contributed by atoms with E-state index in [9.17, 15) is 0 Å². The lowest BCUT2D eigenvalue weighted by atomic mass is 10.1. The molecule has 0 radical (unpaired) electrons. The van der Waals surface area contributed by atoms with Crippen molar-refractivity contribution in [2.75, 3.05) is 0 Å². The number of aromatic nitrogens is 1. The Bertz CT molecular complexity index is 362. The number of rotatable bonds is 1. The van der Waals surface area contributed by atoms with Gasteiger partial charge < -0.3 is 0 Å². The number of aryl methyl sites for hydroxylation is 1. The van der Waals surface area contributed by atoms with E-state index in [2.05, 4.69) is 48.3 Å². The minimum atomic E-state index is 0.999. The lowest BCUT2D eigenvalue weighted by Gasteiger charge is -2.03. The molecule has 0 saturated heterocycles. The number of hydrogen-bond donors (Lipinski definition) is 0. The Labute approximate surface area is 92.6 Å². The molecule has 1 nitrogen and oxygen atoms in total. The summed E-state index contributed by atoms with van der Waals surface area (Å²) in [6, 6.07) is 4.30. The van der Waals surface area contributed by atoms with Crippen LogP contribution in [0.25, 0.3) is 6.08 Å². The van der Waals surface area contributed by atoms with E-state index < -0.39 is 0 Å². The molecule has 0 aromatic carbocycles. The van der Waals surface area contributed by atoms with Crippen molar-refractivity contribution in [3.8, 4) is 0 Å². The molecule has 1 heteroatoms. The number of hydrogen-bond acceptors (Lipinski definition) is 1. The average Bonchev–Trinajstić information content (AvgIpc) is 2.55. The molecule has 0 spiro atoms. The van der Waals surface area contributed by atoms with E-state index in [1.165, 1.54) is 11.3 Å². The summed E-state index contributed by atoms with van der Waals surface area (Å²) in [4.78, 5) is 4.56. The smallest absolute Gasteiger partial charge is 0.0668 e. The number of fused-ring (bicyclic) bond motifs is 1. The maximum absolute atomic E-state index is 4.56. The molecule has 0 N–H and O–H groups in total. The molecule has 1 aromatic rings. The predicted molar refractivity (Wildman–Crippen MR) is 66.8 cm³/mol. The molecule has 1 aliphatic carbocycles. The van der Waals surface area contributed by atoms with Crippen LogP contribution in [0, 0.1) is 0 Å². The fourth-order valence-corrected chi connectivity index (χ4v) is 1.48. The van der Waals surface area contributed by atoms with E-state index in [-0.39, 0.29) is 0 Å². The summed E-state index contributed by atoms with van der Waals surface area (Å²) in [6.45, 7) is 6.13. The molecule has 1 aliphatic rings. The van der Waals surface area contributed by atoms with E-state index >= 15 is 0 Å². The van der Waals surface area contributed by atoms with Crippen molar-refractivity contribution < 1.29 is 0 Å². The van der Waals surface area contributed by atoms with Crippen molar-refractivity contribution in [1.29, 1.82) is 0 Å². The first kappa shape index (κ1) is 11.7. The van der Waals surface area contributed by atoms with E-state index in [1.54, 1.807) is 0 Å². The molecule has 0 atom stereocenters. The van der Waals surface area contributed by atoms with Gasteiger partial charge in [-0.25, -0.2) is 0 Å². The van der Waals surface area contributed by atoms with Crippen LogP contribution in [0.3, 0.4) is 0 Å². The summed E-state index contributed by atoms with van der Waals surface area (Å²) >= 11 is 0. The lowest BCUT2D eigenvalue weighted by Crippen LogP contribution is -1.94. The van der Waals surface area contributed by atoms with Crippen molar-refractivity contribution in [3.05, 3.63) is 47.3 Å². The van der Waals surface area contributed by atoms with Crippen LogP contribution >= 0.6 is 0 Å². The van der Waals surface area contributed by atoms with Gasteiger partial charge in [0.2, 0.25) is 0 Å². The van der Waals surface area contributed by atoms with Gasteiger partial charge in [0.15, 0.2) is 0 Å². The summed E-state index contributed by atoms with van der Waals surface area (Å²) in [6.07, 6.45) is 10.4. The third kappa shape index (κ3) is 3.05. The van der Waals surface area contributed by atoms with Crippen LogP contribution in [0.5, 0.6) is 0 Å². The Hall–Kier alpha value is -1.37. The molecular formula is C14H19N. The van der Waals surface area contributed by atoms with Gasteiger partial charge in [-0.1, -0.05) is 45.1 Å². The molecule has 0 aliphatic heterocycles.